The van der Waals surface area contributed by atoms with E-state index in [1.165, 1.54) is 17.2 Å². The van der Waals surface area contributed by atoms with Gasteiger partial charge in [0.2, 0.25) is 0 Å². The van der Waals surface area contributed by atoms with Gasteiger partial charge in [0.1, 0.15) is 11.5 Å². The highest BCUT2D eigenvalue weighted by atomic mass is 16.5. The molecule has 1 amide bonds. The van der Waals surface area contributed by atoms with Crippen LogP contribution in [0, 0.1) is 0 Å². The van der Waals surface area contributed by atoms with Gasteiger partial charge in [-0.15, -0.1) is 0 Å². The first-order chi connectivity index (χ1) is 12.2. The number of phenolic OH excluding ortho intramolecular Hbond substituents is 1. The summed E-state index contributed by atoms with van der Waals surface area (Å²) in [6, 6.07) is 13.6. The summed E-state index contributed by atoms with van der Waals surface area (Å²) in [6.07, 6.45) is 5.21. The number of hydrogen-bond acceptors (Lipinski definition) is 3. The quantitative estimate of drug-likeness (QED) is 0.914. The van der Waals surface area contributed by atoms with Crippen LogP contribution < -0.4 is 4.74 Å². The molecule has 4 heteroatoms. The number of nitrogens with zero attached hydrogens (tertiary/aromatic N) is 1. The Bertz CT molecular complexity index is 797. The Morgan fingerprint density at radius 2 is 1.96 bits per heavy atom. The van der Waals surface area contributed by atoms with Crippen LogP contribution in [0.5, 0.6) is 11.5 Å². The standard InChI is InChI=1S/C21H23NO3/c1-25-16-11-12-20(23)18(13-16)21(24)22(15-9-10-15)19-8-4-6-14-5-2-3-7-17(14)19/h2-3,5,7,11-13,15,19,23H,4,6,8-10H2,1H3. The van der Waals surface area contributed by atoms with Gasteiger partial charge in [-0.1, -0.05) is 24.3 Å². The highest BCUT2D eigenvalue weighted by Gasteiger charge is 2.40. The molecule has 4 rings (SSSR count). The number of aromatic hydroxyl groups is 1. The Hall–Kier alpha value is -2.49. The average Bonchev–Trinajstić information content (AvgIpc) is 3.47. The van der Waals surface area contributed by atoms with Crippen LogP contribution in [0.3, 0.4) is 0 Å². The third-order valence-corrected chi connectivity index (χ3v) is 5.28. The van der Waals surface area contributed by atoms with E-state index in [1.807, 2.05) is 4.90 Å². The third kappa shape index (κ3) is 2.97. The molecule has 1 saturated carbocycles. The molecule has 0 radical (unpaired) electrons. The minimum absolute atomic E-state index is 0.0144. The van der Waals surface area contributed by atoms with E-state index in [9.17, 15) is 9.90 Å². The summed E-state index contributed by atoms with van der Waals surface area (Å²) in [5.74, 6) is 0.502. The fraction of sp³-hybridized carbons (Fsp3) is 0.381. The molecule has 4 nitrogen and oxygen atoms in total. The van der Waals surface area contributed by atoms with E-state index in [1.54, 1.807) is 19.2 Å². The molecule has 1 fully saturated rings. The van der Waals surface area contributed by atoms with E-state index in [2.05, 4.69) is 24.3 Å². The summed E-state index contributed by atoms with van der Waals surface area (Å²) in [5, 5.41) is 10.2. The normalized spacial score (nSPS) is 19.2. The van der Waals surface area contributed by atoms with Crippen LogP contribution in [0.25, 0.3) is 0 Å². The summed E-state index contributed by atoms with van der Waals surface area (Å²) in [7, 11) is 1.57. The Labute approximate surface area is 148 Å². The van der Waals surface area contributed by atoms with Crippen molar-refractivity contribution in [2.75, 3.05) is 7.11 Å². The number of carbonyl (C=O) groups excluding carboxylic acids is 1. The van der Waals surface area contributed by atoms with Crippen LogP contribution in [0.15, 0.2) is 42.5 Å². The number of amides is 1. The van der Waals surface area contributed by atoms with Gasteiger partial charge in [0, 0.05) is 6.04 Å². The largest absolute Gasteiger partial charge is 0.507 e. The molecule has 0 aliphatic heterocycles. The van der Waals surface area contributed by atoms with Gasteiger partial charge in [-0.2, -0.15) is 0 Å². The summed E-state index contributed by atoms with van der Waals surface area (Å²) in [5.41, 5.74) is 2.93. The van der Waals surface area contributed by atoms with Gasteiger partial charge in [0.25, 0.3) is 5.91 Å². The molecule has 0 spiro atoms. The highest BCUT2D eigenvalue weighted by Crippen LogP contribution is 2.42. The number of benzene rings is 2. The van der Waals surface area contributed by atoms with E-state index in [0.29, 0.717) is 11.3 Å². The van der Waals surface area contributed by atoms with Gasteiger partial charge in [-0.25, -0.2) is 0 Å². The Kier molecular flexibility index (Phi) is 4.12. The van der Waals surface area contributed by atoms with Gasteiger partial charge in [0.15, 0.2) is 0 Å². The van der Waals surface area contributed by atoms with Crippen molar-refractivity contribution < 1.29 is 14.6 Å². The molecular weight excluding hydrogens is 314 g/mol. The van der Waals surface area contributed by atoms with E-state index < -0.39 is 0 Å². The van der Waals surface area contributed by atoms with Crippen molar-refractivity contribution in [3.63, 3.8) is 0 Å². The number of phenols is 1. The maximum Gasteiger partial charge on any atom is 0.258 e. The SMILES string of the molecule is COc1ccc(O)c(C(=O)N(C2CC2)C2CCCc3ccccc32)c1. The lowest BCUT2D eigenvalue weighted by atomic mass is 9.86. The van der Waals surface area contributed by atoms with E-state index >= 15 is 0 Å². The molecule has 0 aromatic heterocycles. The number of fused-ring (bicyclic) bond motifs is 1. The van der Waals surface area contributed by atoms with E-state index in [-0.39, 0.29) is 23.7 Å². The van der Waals surface area contributed by atoms with Gasteiger partial charge in [-0.05, 0) is 61.4 Å². The molecule has 2 aliphatic carbocycles. The van der Waals surface area contributed by atoms with Crippen LogP contribution in [-0.4, -0.2) is 29.1 Å². The average molecular weight is 337 g/mol. The van der Waals surface area contributed by atoms with E-state index in [4.69, 9.17) is 4.74 Å². The van der Waals surface area contributed by atoms with Crippen molar-refractivity contribution in [3.8, 4) is 11.5 Å². The number of ether oxygens (including phenoxy) is 1. The van der Waals surface area contributed by atoms with Crippen molar-refractivity contribution in [1.82, 2.24) is 4.90 Å². The molecule has 1 N–H and O–H groups in total. The smallest absolute Gasteiger partial charge is 0.258 e. The number of hydrogen-bond donors (Lipinski definition) is 1. The zero-order valence-corrected chi connectivity index (χ0v) is 14.4. The molecule has 130 valence electrons. The summed E-state index contributed by atoms with van der Waals surface area (Å²) in [4.78, 5) is 15.3. The zero-order chi connectivity index (χ0) is 17.4. The molecule has 25 heavy (non-hydrogen) atoms. The monoisotopic (exact) mass is 337 g/mol. The van der Waals surface area contributed by atoms with Crippen LogP contribution >= 0.6 is 0 Å². The lowest BCUT2D eigenvalue weighted by Crippen LogP contribution is -2.38. The molecule has 0 bridgehead atoms. The third-order valence-electron chi connectivity index (χ3n) is 5.28. The predicted molar refractivity (Wildman–Crippen MR) is 96.0 cm³/mol. The second-order valence-electron chi connectivity index (χ2n) is 6.93. The van der Waals surface area contributed by atoms with Crippen molar-refractivity contribution in [2.24, 2.45) is 0 Å². The molecule has 2 aliphatic rings. The number of methoxy groups -OCH3 is 1. The fourth-order valence-electron chi connectivity index (χ4n) is 3.88. The molecule has 2 aromatic rings. The minimum Gasteiger partial charge on any atom is -0.507 e. The number of rotatable bonds is 4. The number of aryl methyl sites for hydroxylation is 1. The number of carbonyl (C=O) groups is 1. The predicted octanol–water partition coefficient (Wildman–Crippen LogP) is 4.08. The van der Waals surface area contributed by atoms with Gasteiger partial charge >= 0.3 is 0 Å². The van der Waals surface area contributed by atoms with Crippen LogP contribution in [0.1, 0.15) is 53.2 Å². The lowest BCUT2D eigenvalue weighted by molar-refractivity contribution is 0.0634. The van der Waals surface area contributed by atoms with Gasteiger partial charge < -0.3 is 14.7 Å². The second-order valence-corrected chi connectivity index (χ2v) is 6.93. The first kappa shape index (κ1) is 16.0. The summed E-state index contributed by atoms with van der Waals surface area (Å²) < 4.78 is 5.24. The Morgan fingerprint density at radius 1 is 1.16 bits per heavy atom. The lowest BCUT2D eigenvalue weighted by Gasteiger charge is -2.36. The molecule has 0 heterocycles. The highest BCUT2D eigenvalue weighted by molar-refractivity contribution is 5.98. The van der Waals surface area contributed by atoms with Crippen LogP contribution in [0.2, 0.25) is 0 Å². The van der Waals surface area contributed by atoms with E-state index in [0.717, 1.165) is 32.1 Å². The van der Waals surface area contributed by atoms with Crippen molar-refractivity contribution >= 4 is 5.91 Å². The minimum atomic E-state index is -0.0967. The van der Waals surface area contributed by atoms with Crippen LogP contribution in [0.4, 0.5) is 0 Å². The first-order valence-corrected chi connectivity index (χ1v) is 8.96. The molecular formula is C21H23NO3. The summed E-state index contributed by atoms with van der Waals surface area (Å²) >= 11 is 0. The summed E-state index contributed by atoms with van der Waals surface area (Å²) in [6.45, 7) is 0. The maximum absolute atomic E-state index is 13.3. The maximum atomic E-state index is 13.3. The molecule has 0 saturated heterocycles. The van der Waals surface area contributed by atoms with Gasteiger partial charge in [-0.3, -0.25) is 4.79 Å². The molecule has 1 unspecified atom stereocenters. The van der Waals surface area contributed by atoms with Crippen LogP contribution in [-0.2, 0) is 6.42 Å². The topological polar surface area (TPSA) is 49.8 Å². The Balaban J connectivity index is 1.73. The Morgan fingerprint density at radius 3 is 2.72 bits per heavy atom. The fourth-order valence-corrected chi connectivity index (χ4v) is 3.88. The first-order valence-electron chi connectivity index (χ1n) is 8.96. The zero-order valence-electron chi connectivity index (χ0n) is 14.4. The molecule has 2 aromatic carbocycles. The molecule has 1 atom stereocenters. The van der Waals surface area contributed by atoms with Crippen molar-refractivity contribution in [1.29, 1.82) is 0 Å². The van der Waals surface area contributed by atoms with Crippen molar-refractivity contribution in [3.05, 3.63) is 59.2 Å². The van der Waals surface area contributed by atoms with Gasteiger partial charge in [0.05, 0.1) is 18.7 Å². The second kappa shape index (κ2) is 6.43. The van der Waals surface area contributed by atoms with Crippen molar-refractivity contribution in [2.45, 2.75) is 44.2 Å².